The van der Waals surface area contributed by atoms with Crippen molar-refractivity contribution in [2.45, 2.75) is 44.7 Å². The van der Waals surface area contributed by atoms with Crippen molar-refractivity contribution >= 4 is 29.9 Å². The highest BCUT2D eigenvalue weighted by molar-refractivity contribution is 6.31. The van der Waals surface area contributed by atoms with Crippen molar-refractivity contribution in [2.75, 3.05) is 6.54 Å². The molecular formula is C15H22Cl2N2O. The summed E-state index contributed by atoms with van der Waals surface area (Å²) in [7, 11) is 0. The van der Waals surface area contributed by atoms with Crippen LogP contribution in [-0.2, 0) is 11.2 Å². The van der Waals surface area contributed by atoms with E-state index in [1.165, 1.54) is 0 Å². The van der Waals surface area contributed by atoms with Gasteiger partial charge in [-0.1, -0.05) is 29.8 Å². The first-order chi connectivity index (χ1) is 9.08. The van der Waals surface area contributed by atoms with Crippen LogP contribution in [-0.4, -0.2) is 29.4 Å². The first kappa shape index (κ1) is 17.3. The molecule has 1 amide bonds. The van der Waals surface area contributed by atoms with Crippen LogP contribution in [0.15, 0.2) is 24.3 Å². The molecule has 1 aromatic rings. The van der Waals surface area contributed by atoms with Crippen LogP contribution in [0.2, 0.25) is 5.02 Å². The average Bonchev–Trinajstić information content (AvgIpc) is 2.79. The maximum atomic E-state index is 12.2. The van der Waals surface area contributed by atoms with Gasteiger partial charge >= 0.3 is 0 Å². The third-order valence-electron chi connectivity index (χ3n) is 3.61. The number of carbonyl (C=O) groups is 1. The van der Waals surface area contributed by atoms with Gasteiger partial charge in [-0.15, -0.1) is 12.4 Å². The monoisotopic (exact) mass is 316 g/mol. The Labute approximate surface area is 131 Å². The van der Waals surface area contributed by atoms with Gasteiger partial charge in [0, 0.05) is 30.1 Å². The van der Waals surface area contributed by atoms with Gasteiger partial charge in [-0.25, -0.2) is 0 Å². The topological polar surface area (TPSA) is 46.3 Å². The van der Waals surface area contributed by atoms with Crippen LogP contribution in [0.3, 0.4) is 0 Å². The van der Waals surface area contributed by atoms with Crippen molar-refractivity contribution in [3.8, 4) is 0 Å². The Bertz CT molecular complexity index is 451. The van der Waals surface area contributed by atoms with Gasteiger partial charge in [0.25, 0.3) is 0 Å². The Morgan fingerprint density at radius 2 is 2.20 bits per heavy atom. The third-order valence-corrected chi connectivity index (χ3v) is 3.98. The van der Waals surface area contributed by atoms with Crippen LogP contribution in [0, 0.1) is 0 Å². The second-order valence-electron chi connectivity index (χ2n) is 5.36. The Morgan fingerprint density at radius 1 is 1.50 bits per heavy atom. The van der Waals surface area contributed by atoms with Crippen LogP contribution < -0.4 is 5.73 Å². The lowest BCUT2D eigenvalue weighted by Gasteiger charge is -2.26. The van der Waals surface area contributed by atoms with E-state index >= 15 is 0 Å². The zero-order valence-corrected chi connectivity index (χ0v) is 13.3. The van der Waals surface area contributed by atoms with Gasteiger partial charge in [-0.3, -0.25) is 4.79 Å². The molecule has 1 aromatic carbocycles. The third kappa shape index (κ3) is 4.37. The lowest BCUT2D eigenvalue weighted by atomic mass is 10.0. The second-order valence-corrected chi connectivity index (χ2v) is 5.77. The molecule has 1 aliphatic rings. The molecule has 2 N–H and O–H groups in total. The summed E-state index contributed by atoms with van der Waals surface area (Å²) < 4.78 is 0. The Morgan fingerprint density at radius 3 is 2.85 bits per heavy atom. The lowest BCUT2D eigenvalue weighted by molar-refractivity contribution is -0.132. The molecule has 0 bridgehead atoms. The molecule has 112 valence electrons. The number of hydrogen-bond acceptors (Lipinski definition) is 2. The molecule has 1 fully saturated rings. The summed E-state index contributed by atoms with van der Waals surface area (Å²) in [5.74, 6) is 0.171. The summed E-state index contributed by atoms with van der Waals surface area (Å²) in [6.45, 7) is 2.72. The highest BCUT2D eigenvalue weighted by Crippen LogP contribution is 2.25. The van der Waals surface area contributed by atoms with E-state index in [2.05, 4.69) is 0 Å². The van der Waals surface area contributed by atoms with Gasteiger partial charge in [0.05, 0.1) is 0 Å². The smallest absolute Gasteiger partial charge is 0.224 e. The van der Waals surface area contributed by atoms with Crippen molar-refractivity contribution in [3.63, 3.8) is 0 Å². The van der Waals surface area contributed by atoms with Crippen LogP contribution >= 0.6 is 24.0 Å². The number of nitrogens with zero attached hydrogens (tertiary/aromatic N) is 1. The highest BCUT2D eigenvalue weighted by Gasteiger charge is 2.29. The van der Waals surface area contributed by atoms with Crippen molar-refractivity contribution in [1.82, 2.24) is 4.90 Å². The van der Waals surface area contributed by atoms with Crippen LogP contribution in [0.1, 0.15) is 31.7 Å². The minimum atomic E-state index is -0.0749. The second kappa shape index (κ2) is 7.87. The van der Waals surface area contributed by atoms with Crippen molar-refractivity contribution in [3.05, 3.63) is 34.9 Å². The number of carbonyl (C=O) groups excluding carboxylic acids is 1. The first-order valence-electron chi connectivity index (χ1n) is 6.86. The standard InChI is InChI=1S/C15H21ClN2O.ClH/c1-11(17)9-15(19)18-8-4-6-13(18)10-12-5-2-3-7-14(12)16;/h2-3,5,7,11,13H,4,6,8-10,17H2,1H3;1H. The fourth-order valence-corrected chi connectivity index (χ4v) is 2.90. The SMILES string of the molecule is CC(N)CC(=O)N1CCCC1Cc1ccccc1Cl.Cl. The average molecular weight is 317 g/mol. The minimum Gasteiger partial charge on any atom is -0.339 e. The van der Waals surface area contributed by atoms with Crippen molar-refractivity contribution in [1.29, 1.82) is 0 Å². The molecule has 3 nitrogen and oxygen atoms in total. The van der Waals surface area contributed by atoms with Crippen LogP contribution in [0.4, 0.5) is 0 Å². The summed E-state index contributed by atoms with van der Waals surface area (Å²) in [4.78, 5) is 14.1. The quantitative estimate of drug-likeness (QED) is 0.928. The Hall–Kier alpha value is -0.770. The van der Waals surface area contributed by atoms with Crippen LogP contribution in [0.5, 0.6) is 0 Å². The molecule has 1 heterocycles. The molecule has 20 heavy (non-hydrogen) atoms. The molecule has 5 heteroatoms. The zero-order valence-electron chi connectivity index (χ0n) is 11.7. The van der Waals surface area contributed by atoms with Crippen molar-refractivity contribution < 1.29 is 4.79 Å². The van der Waals surface area contributed by atoms with Gasteiger partial charge in [0.15, 0.2) is 0 Å². The molecule has 0 spiro atoms. The number of halogens is 2. The fraction of sp³-hybridized carbons (Fsp3) is 0.533. The zero-order chi connectivity index (χ0) is 13.8. The Kier molecular flexibility index (Phi) is 6.80. The largest absolute Gasteiger partial charge is 0.339 e. The number of nitrogens with two attached hydrogens (primary N) is 1. The van der Waals surface area contributed by atoms with E-state index in [9.17, 15) is 4.79 Å². The molecule has 2 rings (SSSR count). The summed E-state index contributed by atoms with van der Waals surface area (Å²) in [6.07, 6.45) is 3.39. The maximum Gasteiger partial charge on any atom is 0.224 e. The molecule has 0 aliphatic carbocycles. The van der Waals surface area contributed by atoms with Crippen LogP contribution in [0.25, 0.3) is 0 Å². The van der Waals surface area contributed by atoms with E-state index in [1.807, 2.05) is 36.1 Å². The predicted molar refractivity (Wildman–Crippen MR) is 85.4 cm³/mol. The van der Waals surface area contributed by atoms with E-state index in [4.69, 9.17) is 17.3 Å². The van der Waals surface area contributed by atoms with E-state index < -0.39 is 0 Å². The summed E-state index contributed by atoms with van der Waals surface area (Å²) in [5, 5.41) is 0.786. The van der Waals surface area contributed by atoms with Gasteiger partial charge < -0.3 is 10.6 Å². The molecule has 2 atom stereocenters. The first-order valence-corrected chi connectivity index (χ1v) is 7.24. The minimum absolute atomic E-state index is 0. The van der Waals surface area contributed by atoms with Crippen molar-refractivity contribution in [2.24, 2.45) is 5.73 Å². The summed E-state index contributed by atoms with van der Waals surface area (Å²) in [5.41, 5.74) is 6.83. The van der Waals surface area contributed by atoms with E-state index in [0.717, 1.165) is 36.4 Å². The van der Waals surface area contributed by atoms with Gasteiger partial charge in [0.1, 0.15) is 0 Å². The summed E-state index contributed by atoms with van der Waals surface area (Å²) >= 11 is 6.19. The fourth-order valence-electron chi connectivity index (χ4n) is 2.69. The molecule has 0 radical (unpaired) electrons. The number of benzene rings is 1. The van der Waals surface area contributed by atoms with Gasteiger partial charge in [0.2, 0.25) is 5.91 Å². The lowest BCUT2D eigenvalue weighted by Crippen LogP contribution is -2.39. The normalized spacial score (nSPS) is 19.6. The molecule has 1 aliphatic heterocycles. The van der Waals surface area contributed by atoms with Gasteiger partial charge in [-0.2, -0.15) is 0 Å². The molecular weight excluding hydrogens is 295 g/mol. The van der Waals surface area contributed by atoms with Gasteiger partial charge in [-0.05, 0) is 37.8 Å². The predicted octanol–water partition coefficient (Wildman–Crippen LogP) is 3.03. The molecule has 2 unspecified atom stereocenters. The molecule has 1 saturated heterocycles. The highest BCUT2D eigenvalue weighted by atomic mass is 35.5. The maximum absolute atomic E-state index is 12.2. The van der Waals surface area contributed by atoms with E-state index in [0.29, 0.717) is 6.42 Å². The number of amides is 1. The number of hydrogen-bond donors (Lipinski definition) is 1. The molecule has 0 saturated carbocycles. The Balaban J connectivity index is 0.00000200. The number of likely N-dealkylation sites (tertiary alicyclic amines) is 1. The van der Waals surface area contributed by atoms with E-state index in [1.54, 1.807) is 0 Å². The van der Waals surface area contributed by atoms with E-state index in [-0.39, 0.29) is 30.4 Å². The molecule has 0 aromatic heterocycles. The number of rotatable bonds is 4. The summed E-state index contributed by atoms with van der Waals surface area (Å²) in [6, 6.07) is 8.05.